The van der Waals surface area contributed by atoms with Gasteiger partial charge in [0.05, 0.1) is 0 Å². The van der Waals surface area contributed by atoms with Crippen LogP contribution < -0.4 is 5.32 Å². The number of carbonyl (C=O) groups is 1. The molecule has 2 atom stereocenters. The average Bonchev–Trinajstić information content (AvgIpc) is 2.38. The van der Waals surface area contributed by atoms with Crippen LogP contribution in [-0.4, -0.2) is 17.6 Å². The lowest BCUT2D eigenvalue weighted by molar-refractivity contribution is -0.146. The van der Waals surface area contributed by atoms with E-state index in [0.717, 1.165) is 18.5 Å². The Morgan fingerprint density at radius 2 is 2.16 bits per heavy atom. The number of fused-ring (bicyclic) bond motifs is 1. The maximum atomic E-state index is 11.9. The van der Waals surface area contributed by atoms with Crippen molar-refractivity contribution in [2.75, 3.05) is 6.54 Å². The zero-order chi connectivity index (χ0) is 14.0. The van der Waals surface area contributed by atoms with Crippen LogP contribution >= 0.6 is 0 Å². The first kappa shape index (κ1) is 14.1. The maximum Gasteiger partial charge on any atom is 0.328 e. The summed E-state index contributed by atoms with van der Waals surface area (Å²) in [6.07, 6.45) is 1.57. The van der Waals surface area contributed by atoms with Gasteiger partial charge in [-0.2, -0.15) is 0 Å². The normalized spacial score (nSPS) is 26.2. The van der Waals surface area contributed by atoms with Crippen LogP contribution in [0.15, 0.2) is 24.3 Å². The smallest absolute Gasteiger partial charge is 0.328 e. The third kappa shape index (κ3) is 2.52. The second-order valence-corrected chi connectivity index (χ2v) is 6.01. The van der Waals surface area contributed by atoms with Crippen LogP contribution in [0.3, 0.4) is 0 Å². The summed E-state index contributed by atoms with van der Waals surface area (Å²) in [7, 11) is 0. The maximum absolute atomic E-state index is 11.9. The lowest BCUT2D eigenvalue weighted by Gasteiger charge is -2.39. The van der Waals surface area contributed by atoms with Gasteiger partial charge in [-0.25, -0.2) is 4.79 Å². The molecule has 0 aliphatic heterocycles. The van der Waals surface area contributed by atoms with Gasteiger partial charge in [-0.1, -0.05) is 45.0 Å². The van der Waals surface area contributed by atoms with Gasteiger partial charge in [0.25, 0.3) is 0 Å². The highest BCUT2D eigenvalue weighted by molar-refractivity contribution is 5.82. The van der Waals surface area contributed by atoms with Gasteiger partial charge >= 0.3 is 5.97 Å². The van der Waals surface area contributed by atoms with Gasteiger partial charge in [0.2, 0.25) is 0 Å². The first-order valence-corrected chi connectivity index (χ1v) is 7.05. The number of nitrogens with one attached hydrogen (secondary N) is 1. The van der Waals surface area contributed by atoms with Crippen LogP contribution in [0.1, 0.15) is 50.7 Å². The highest BCUT2D eigenvalue weighted by Crippen LogP contribution is 2.41. The molecule has 0 fully saturated rings. The molecule has 1 aliphatic carbocycles. The fraction of sp³-hybridized carbons (Fsp3) is 0.562. The van der Waals surface area contributed by atoms with Gasteiger partial charge in [0.15, 0.2) is 0 Å². The van der Waals surface area contributed by atoms with E-state index >= 15 is 0 Å². The van der Waals surface area contributed by atoms with Crippen LogP contribution in [0.25, 0.3) is 0 Å². The lowest BCUT2D eigenvalue weighted by Crippen LogP contribution is -2.52. The Kier molecular flexibility index (Phi) is 3.95. The van der Waals surface area contributed by atoms with Gasteiger partial charge in [-0.05, 0) is 42.3 Å². The van der Waals surface area contributed by atoms with Gasteiger partial charge in [0, 0.05) is 0 Å². The van der Waals surface area contributed by atoms with Crippen molar-refractivity contribution in [1.82, 2.24) is 5.32 Å². The van der Waals surface area contributed by atoms with E-state index in [4.69, 9.17) is 0 Å². The van der Waals surface area contributed by atoms with Crippen molar-refractivity contribution in [3.05, 3.63) is 35.4 Å². The Balaban J connectivity index is 2.45. The van der Waals surface area contributed by atoms with Crippen molar-refractivity contribution in [1.29, 1.82) is 0 Å². The molecule has 1 aromatic rings. The van der Waals surface area contributed by atoms with E-state index < -0.39 is 11.5 Å². The van der Waals surface area contributed by atoms with E-state index in [2.05, 4.69) is 32.2 Å². The van der Waals surface area contributed by atoms with Crippen molar-refractivity contribution >= 4 is 5.97 Å². The second-order valence-electron chi connectivity index (χ2n) is 6.01. The average molecular weight is 261 g/mol. The zero-order valence-electron chi connectivity index (χ0n) is 11.9. The van der Waals surface area contributed by atoms with Crippen molar-refractivity contribution < 1.29 is 9.90 Å². The van der Waals surface area contributed by atoms with Crippen LogP contribution in [0.5, 0.6) is 0 Å². The molecule has 0 saturated heterocycles. The monoisotopic (exact) mass is 261 g/mol. The molecule has 2 N–H and O–H groups in total. The Labute approximate surface area is 115 Å². The highest BCUT2D eigenvalue weighted by atomic mass is 16.4. The van der Waals surface area contributed by atoms with E-state index in [9.17, 15) is 9.90 Å². The Morgan fingerprint density at radius 1 is 1.47 bits per heavy atom. The van der Waals surface area contributed by atoms with E-state index in [0.29, 0.717) is 18.3 Å². The molecule has 3 nitrogen and oxygen atoms in total. The van der Waals surface area contributed by atoms with Crippen LogP contribution in [-0.2, 0) is 10.3 Å². The summed E-state index contributed by atoms with van der Waals surface area (Å²) >= 11 is 0. The Bertz CT molecular complexity index is 470. The molecule has 0 heterocycles. The molecule has 2 rings (SSSR count). The van der Waals surface area contributed by atoms with Crippen molar-refractivity contribution in [3.63, 3.8) is 0 Å². The van der Waals surface area contributed by atoms with Crippen LogP contribution in [0, 0.1) is 5.92 Å². The minimum atomic E-state index is -0.909. The molecular weight excluding hydrogens is 238 g/mol. The van der Waals surface area contributed by atoms with Crippen molar-refractivity contribution in [2.24, 2.45) is 5.92 Å². The molecular formula is C16H23NO2. The summed E-state index contributed by atoms with van der Waals surface area (Å²) in [5.74, 6) is 0.111. The summed E-state index contributed by atoms with van der Waals surface area (Å²) in [6, 6.07) is 7.96. The molecule has 3 heteroatoms. The Morgan fingerprint density at radius 3 is 2.79 bits per heavy atom. The molecule has 0 aromatic heterocycles. The molecule has 0 saturated carbocycles. The van der Waals surface area contributed by atoms with Crippen LogP contribution in [0.2, 0.25) is 0 Å². The molecule has 104 valence electrons. The zero-order valence-corrected chi connectivity index (χ0v) is 11.9. The number of aliphatic carboxylic acids is 1. The van der Waals surface area contributed by atoms with Crippen molar-refractivity contribution in [2.45, 2.75) is 45.1 Å². The fourth-order valence-corrected chi connectivity index (χ4v) is 2.90. The first-order valence-electron chi connectivity index (χ1n) is 7.05. The minimum absolute atomic E-state index is 0.433. The standard InChI is InChI=1S/C16H23NO2/c1-11(2)10-17-16(15(18)19)9-8-12(3)13-6-4-5-7-14(13)16/h4-7,11-12,17H,8-10H2,1-3H3,(H,18,19). The molecule has 0 bridgehead atoms. The summed E-state index contributed by atoms with van der Waals surface area (Å²) in [4.78, 5) is 11.9. The van der Waals surface area contributed by atoms with E-state index in [1.54, 1.807) is 0 Å². The Hall–Kier alpha value is -1.35. The number of carboxylic acid groups (broad SMARTS) is 1. The third-order valence-corrected chi connectivity index (χ3v) is 4.08. The van der Waals surface area contributed by atoms with Crippen molar-refractivity contribution in [3.8, 4) is 0 Å². The predicted molar refractivity (Wildman–Crippen MR) is 76.2 cm³/mol. The summed E-state index contributed by atoms with van der Waals surface area (Å²) < 4.78 is 0. The largest absolute Gasteiger partial charge is 0.480 e. The van der Waals surface area contributed by atoms with E-state index in [1.807, 2.05) is 18.2 Å². The van der Waals surface area contributed by atoms with Crippen LogP contribution in [0.4, 0.5) is 0 Å². The van der Waals surface area contributed by atoms with Gasteiger partial charge in [-0.15, -0.1) is 0 Å². The number of rotatable bonds is 4. The molecule has 0 radical (unpaired) electrons. The highest BCUT2D eigenvalue weighted by Gasteiger charge is 2.44. The molecule has 0 amide bonds. The SMILES string of the molecule is CC(C)CNC1(C(=O)O)CCC(C)c2ccccc21. The third-order valence-electron chi connectivity index (χ3n) is 4.08. The number of carboxylic acids is 1. The summed E-state index contributed by atoms with van der Waals surface area (Å²) in [5.41, 5.74) is 1.21. The number of benzene rings is 1. The minimum Gasteiger partial charge on any atom is -0.480 e. The topological polar surface area (TPSA) is 49.3 Å². The quantitative estimate of drug-likeness (QED) is 0.875. The first-order chi connectivity index (χ1) is 8.97. The second kappa shape index (κ2) is 5.33. The van der Waals surface area contributed by atoms with Gasteiger partial charge in [-0.3, -0.25) is 5.32 Å². The van der Waals surface area contributed by atoms with E-state index in [-0.39, 0.29) is 0 Å². The molecule has 1 aromatic carbocycles. The molecule has 0 spiro atoms. The predicted octanol–water partition coefficient (Wildman–Crippen LogP) is 3.11. The summed E-state index contributed by atoms with van der Waals surface area (Å²) in [5, 5.41) is 13.1. The summed E-state index contributed by atoms with van der Waals surface area (Å²) in [6.45, 7) is 7.09. The number of hydrogen-bond donors (Lipinski definition) is 2. The van der Waals surface area contributed by atoms with E-state index in [1.165, 1.54) is 5.56 Å². The van der Waals surface area contributed by atoms with Gasteiger partial charge < -0.3 is 5.11 Å². The molecule has 1 aliphatic rings. The van der Waals surface area contributed by atoms with Gasteiger partial charge in [0.1, 0.15) is 5.54 Å². The molecule has 19 heavy (non-hydrogen) atoms. The number of hydrogen-bond acceptors (Lipinski definition) is 2. The molecule has 2 unspecified atom stereocenters. The lowest BCUT2D eigenvalue weighted by atomic mass is 9.72. The fourth-order valence-electron chi connectivity index (χ4n) is 2.90.